The molecule has 0 N–H and O–H groups in total. The third-order valence-electron chi connectivity index (χ3n) is 6.10. The number of hydrogen-bond acceptors (Lipinski definition) is 6. The molecule has 6 nitrogen and oxygen atoms in total. The summed E-state index contributed by atoms with van der Waals surface area (Å²) in [6.07, 6.45) is 2.46. The molecule has 3 aromatic rings. The molecular formula is C27H26O6. The molecular weight excluding hydrogens is 420 g/mol. The Bertz CT molecular complexity index is 1130. The number of rotatable bonds is 7. The van der Waals surface area contributed by atoms with E-state index < -0.39 is 0 Å². The predicted octanol–water partition coefficient (Wildman–Crippen LogP) is 5.29. The lowest BCUT2D eigenvalue weighted by Crippen LogP contribution is -2.30. The summed E-state index contributed by atoms with van der Waals surface area (Å²) in [5.41, 5.74) is 2.39. The minimum Gasteiger partial charge on any atom is -0.493 e. The summed E-state index contributed by atoms with van der Waals surface area (Å²) < 4.78 is 28.2. The van der Waals surface area contributed by atoms with Crippen molar-refractivity contribution in [3.63, 3.8) is 0 Å². The van der Waals surface area contributed by atoms with E-state index in [1.165, 1.54) is 5.56 Å². The molecule has 2 aliphatic rings. The second-order valence-corrected chi connectivity index (χ2v) is 8.27. The van der Waals surface area contributed by atoms with Gasteiger partial charge in [0, 0.05) is 11.6 Å². The third kappa shape index (κ3) is 4.75. The Hall–Kier alpha value is -3.67. The van der Waals surface area contributed by atoms with E-state index in [4.69, 9.17) is 23.7 Å². The molecule has 6 heteroatoms. The van der Waals surface area contributed by atoms with Gasteiger partial charge < -0.3 is 23.7 Å². The van der Waals surface area contributed by atoms with Gasteiger partial charge in [-0.15, -0.1) is 0 Å². The Balaban J connectivity index is 1.33. The average molecular weight is 446 g/mol. The van der Waals surface area contributed by atoms with Crippen LogP contribution in [0.2, 0.25) is 0 Å². The van der Waals surface area contributed by atoms with Crippen LogP contribution in [0.4, 0.5) is 0 Å². The van der Waals surface area contributed by atoms with Gasteiger partial charge in [-0.2, -0.15) is 0 Å². The number of fused-ring (bicyclic) bond motifs is 2. The highest BCUT2D eigenvalue weighted by Gasteiger charge is 2.33. The lowest BCUT2D eigenvalue weighted by atomic mass is 9.84. The number of hydrogen-bond donors (Lipinski definition) is 0. The molecule has 0 spiro atoms. The number of aryl methyl sites for hydroxylation is 1. The second kappa shape index (κ2) is 9.45. The zero-order chi connectivity index (χ0) is 22.6. The lowest BCUT2D eigenvalue weighted by Gasteiger charge is -2.32. The summed E-state index contributed by atoms with van der Waals surface area (Å²) in [6.45, 7) is 0.210. The Kier molecular flexibility index (Phi) is 6.07. The first kappa shape index (κ1) is 21.2. The van der Waals surface area contributed by atoms with Crippen LogP contribution in [-0.4, -0.2) is 26.0 Å². The van der Waals surface area contributed by atoms with Crippen LogP contribution in [0.15, 0.2) is 66.7 Å². The molecule has 33 heavy (non-hydrogen) atoms. The topological polar surface area (TPSA) is 63.2 Å². The Morgan fingerprint density at radius 2 is 1.67 bits per heavy atom. The molecule has 0 bridgehead atoms. The molecule has 0 radical (unpaired) electrons. The second-order valence-electron chi connectivity index (χ2n) is 8.27. The molecule has 0 fully saturated rings. The molecule has 2 atom stereocenters. The van der Waals surface area contributed by atoms with Crippen molar-refractivity contribution in [2.45, 2.75) is 37.7 Å². The van der Waals surface area contributed by atoms with Gasteiger partial charge in [-0.25, -0.2) is 0 Å². The van der Waals surface area contributed by atoms with Crippen molar-refractivity contribution in [3.05, 3.63) is 77.9 Å². The van der Waals surface area contributed by atoms with Crippen molar-refractivity contribution in [3.8, 4) is 28.7 Å². The van der Waals surface area contributed by atoms with E-state index in [9.17, 15) is 4.79 Å². The molecule has 0 amide bonds. The number of para-hydroxylation sites is 2. The van der Waals surface area contributed by atoms with Crippen molar-refractivity contribution in [1.82, 2.24) is 0 Å². The first-order valence-corrected chi connectivity index (χ1v) is 11.2. The van der Waals surface area contributed by atoms with Gasteiger partial charge in [0.15, 0.2) is 23.0 Å². The number of benzene rings is 3. The van der Waals surface area contributed by atoms with E-state index in [0.29, 0.717) is 17.2 Å². The van der Waals surface area contributed by atoms with Crippen molar-refractivity contribution in [2.24, 2.45) is 0 Å². The Labute approximate surface area is 193 Å². The van der Waals surface area contributed by atoms with Crippen LogP contribution in [0.5, 0.6) is 28.7 Å². The van der Waals surface area contributed by atoms with E-state index in [-0.39, 0.29) is 31.2 Å². The maximum atomic E-state index is 12.7. The molecule has 0 unspecified atom stereocenters. The summed E-state index contributed by atoms with van der Waals surface area (Å²) in [7, 11) is 1.55. The van der Waals surface area contributed by atoms with E-state index in [2.05, 4.69) is 24.3 Å². The molecule has 0 aliphatic carbocycles. The van der Waals surface area contributed by atoms with Gasteiger partial charge in [0.2, 0.25) is 6.79 Å². The summed E-state index contributed by atoms with van der Waals surface area (Å²) in [4.78, 5) is 12.7. The first-order valence-electron chi connectivity index (χ1n) is 11.2. The fraction of sp³-hybridized carbons (Fsp3) is 0.296. The van der Waals surface area contributed by atoms with Gasteiger partial charge >= 0.3 is 5.97 Å². The SMILES string of the molecule is COc1ccccc1OC(=O)C[C@@H]1C[C@H](CCc2ccccc2)c2cc3c(cc2O1)OCO3. The molecule has 3 aromatic carbocycles. The van der Waals surface area contributed by atoms with Gasteiger partial charge in [-0.05, 0) is 48.9 Å². The van der Waals surface area contributed by atoms with Gasteiger partial charge in [-0.1, -0.05) is 42.5 Å². The quantitative estimate of drug-likeness (QED) is 0.363. The average Bonchev–Trinajstić information content (AvgIpc) is 3.29. The standard InChI is InChI=1S/C27H26O6/c1-29-22-9-5-6-10-23(22)33-27(28)14-20-13-19(12-11-18-7-3-2-4-8-18)21-15-25-26(31-17-30-25)16-24(21)32-20/h2-10,15-16,19-20H,11-14,17H2,1H3/t19-,20-/m0/s1. The summed E-state index contributed by atoms with van der Waals surface area (Å²) in [6, 6.07) is 21.4. The highest BCUT2D eigenvalue weighted by atomic mass is 16.7. The first-order chi connectivity index (χ1) is 16.2. The van der Waals surface area contributed by atoms with E-state index in [1.54, 1.807) is 25.3 Å². The maximum Gasteiger partial charge on any atom is 0.315 e. The third-order valence-corrected chi connectivity index (χ3v) is 6.10. The number of carbonyl (C=O) groups excluding carboxylic acids is 1. The van der Waals surface area contributed by atoms with Crippen LogP contribution in [0.1, 0.15) is 36.3 Å². The largest absolute Gasteiger partial charge is 0.493 e. The molecule has 170 valence electrons. The lowest BCUT2D eigenvalue weighted by molar-refractivity contribution is -0.136. The van der Waals surface area contributed by atoms with E-state index in [1.807, 2.05) is 24.3 Å². The van der Waals surface area contributed by atoms with Gasteiger partial charge in [0.25, 0.3) is 0 Å². The van der Waals surface area contributed by atoms with Crippen LogP contribution in [0.3, 0.4) is 0 Å². The van der Waals surface area contributed by atoms with Crippen LogP contribution in [0.25, 0.3) is 0 Å². The van der Waals surface area contributed by atoms with Crippen LogP contribution in [0, 0.1) is 0 Å². The minimum atomic E-state index is -0.351. The number of methoxy groups -OCH3 is 1. The predicted molar refractivity (Wildman–Crippen MR) is 122 cm³/mol. The zero-order valence-corrected chi connectivity index (χ0v) is 18.5. The molecule has 0 aromatic heterocycles. The Morgan fingerprint density at radius 1 is 0.939 bits per heavy atom. The summed E-state index contributed by atoms with van der Waals surface area (Å²) in [5, 5.41) is 0. The number of esters is 1. The minimum absolute atomic E-state index is 0.147. The monoisotopic (exact) mass is 446 g/mol. The highest BCUT2D eigenvalue weighted by Crippen LogP contribution is 2.46. The fourth-order valence-electron chi connectivity index (χ4n) is 4.47. The number of carbonyl (C=O) groups is 1. The van der Waals surface area contributed by atoms with Crippen LogP contribution >= 0.6 is 0 Å². The highest BCUT2D eigenvalue weighted by molar-refractivity contribution is 5.74. The number of ether oxygens (including phenoxy) is 5. The maximum absolute atomic E-state index is 12.7. The summed E-state index contributed by atoms with van der Waals surface area (Å²) >= 11 is 0. The molecule has 2 aliphatic heterocycles. The van der Waals surface area contributed by atoms with Crippen LogP contribution < -0.4 is 23.7 Å². The van der Waals surface area contributed by atoms with Crippen LogP contribution in [-0.2, 0) is 11.2 Å². The van der Waals surface area contributed by atoms with E-state index >= 15 is 0 Å². The smallest absolute Gasteiger partial charge is 0.315 e. The van der Waals surface area contributed by atoms with Crippen molar-refractivity contribution < 1.29 is 28.5 Å². The molecule has 2 heterocycles. The van der Waals surface area contributed by atoms with Gasteiger partial charge in [-0.3, -0.25) is 4.79 Å². The van der Waals surface area contributed by atoms with Crippen molar-refractivity contribution >= 4 is 5.97 Å². The van der Waals surface area contributed by atoms with Crippen molar-refractivity contribution in [2.75, 3.05) is 13.9 Å². The fourth-order valence-corrected chi connectivity index (χ4v) is 4.47. The van der Waals surface area contributed by atoms with Gasteiger partial charge in [0.1, 0.15) is 11.9 Å². The van der Waals surface area contributed by atoms with Crippen molar-refractivity contribution in [1.29, 1.82) is 0 Å². The Morgan fingerprint density at radius 3 is 2.45 bits per heavy atom. The molecule has 0 saturated heterocycles. The zero-order valence-electron chi connectivity index (χ0n) is 18.5. The van der Waals surface area contributed by atoms with E-state index in [0.717, 1.165) is 36.3 Å². The normalized spacial score (nSPS) is 18.2. The molecule has 0 saturated carbocycles. The summed E-state index contributed by atoms with van der Waals surface area (Å²) in [5.74, 6) is 2.98. The van der Waals surface area contributed by atoms with Gasteiger partial charge in [0.05, 0.1) is 13.5 Å². The molecule has 5 rings (SSSR count).